The van der Waals surface area contributed by atoms with Gasteiger partial charge in [0.2, 0.25) is 0 Å². The van der Waals surface area contributed by atoms with Gasteiger partial charge in [-0.15, -0.1) is 0 Å². The summed E-state index contributed by atoms with van der Waals surface area (Å²) in [6, 6.07) is 8.15. The van der Waals surface area contributed by atoms with Gasteiger partial charge in [0, 0.05) is 26.2 Å². The first-order valence-electron chi connectivity index (χ1n) is 7.39. The summed E-state index contributed by atoms with van der Waals surface area (Å²) in [6.07, 6.45) is 0.869. The molecule has 2 aliphatic heterocycles. The first-order chi connectivity index (χ1) is 10.1. The van der Waals surface area contributed by atoms with Gasteiger partial charge in [0.05, 0.1) is 5.92 Å². The Morgan fingerprint density at radius 2 is 1.86 bits per heavy atom. The van der Waals surface area contributed by atoms with E-state index in [0.717, 1.165) is 6.42 Å². The number of amides is 2. The molecule has 1 saturated heterocycles. The normalized spacial score (nSPS) is 24.8. The lowest BCUT2D eigenvalue weighted by molar-refractivity contribution is -0.142. The first kappa shape index (κ1) is 13.9. The molecule has 2 heterocycles. The molecule has 2 amide bonds. The molecule has 21 heavy (non-hydrogen) atoms. The van der Waals surface area contributed by atoms with Crippen LogP contribution in [0.15, 0.2) is 24.3 Å². The zero-order valence-corrected chi connectivity index (χ0v) is 12.2. The van der Waals surface area contributed by atoms with Gasteiger partial charge in [-0.1, -0.05) is 31.2 Å². The van der Waals surface area contributed by atoms with Crippen LogP contribution >= 0.6 is 0 Å². The quantitative estimate of drug-likeness (QED) is 0.857. The van der Waals surface area contributed by atoms with Gasteiger partial charge in [-0.05, 0) is 23.5 Å². The van der Waals surface area contributed by atoms with Crippen molar-refractivity contribution in [2.45, 2.75) is 19.9 Å². The van der Waals surface area contributed by atoms with Gasteiger partial charge < -0.3 is 14.9 Å². The Morgan fingerprint density at radius 1 is 1.14 bits per heavy atom. The second-order valence-corrected chi connectivity index (χ2v) is 6.05. The second-order valence-electron chi connectivity index (χ2n) is 6.05. The Bertz CT molecular complexity index is 572. The number of carboxylic acids is 1. The number of nitrogens with zero attached hydrogens (tertiary/aromatic N) is 2. The number of urea groups is 1. The van der Waals surface area contributed by atoms with Crippen LogP contribution in [0.5, 0.6) is 0 Å². The molecule has 0 aromatic heterocycles. The van der Waals surface area contributed by atoms with Crippen molar-refractivity contribution in [3.8, 4) is 0 Å². The maximum atomic E-state index is 12.6. The van der Waals surface area contributed by atoms with Gasteiger partial charge in [0.15, 0.2) is 0 Å². The Hall–Kier alpha value is -2.04. The summed E-state index contributed by atoms with van der Waals surface area (Å²) in [4.78, 5) is 27.3. The van der Waals surface area contributed by atoms with Gasteiger partial charge in [0.1, 0.15) is 0 Å². The fourth-order valence-corrected chi connectivity index (χ4v) is 3.30. The average molecular weight is 288 g/mol. The van der Waals surface area contributed by atoms with Crippen LogP contribution in [0.2, 0.25) is 0 Å². The molecule has 0 radical (unpaired) electrons. The molecule has 1 aromatic carbocycles. The fraction of sp³-hybridized carbons (Fsp3) is 0.500. The van der Waals surface area contributed by atoms with Crippen molar-refractivity contribution >= 4 is 12.0 Å². The Labute approximate surface area is 124 Å². The number of rotatable bonds is 1. The third kappa shape index (κ3) is 2.60. The standard InChI is InChI=1S/C16H20N2O3/c1-11-8-18(10-14(11)15(19)20)16(21)17-7-6-12-4-2-3-5-13(12)9-17/h2-5,11,14H,6-10H2,1H3,(H,19,20). The van der Waals surface area contributed by atoms with Crippen LogP contribution in [-0.4, -0.2) is 46.5 Å². The number of carbonyl (C=O) groups excluding carboxylic acids is 1. The Morgan fingerprint density at radius 3 is 2.52 bits per heavy atom. The number of hydrogen-bond donors (Lipinski definition) is 1. The van der Waals surface area contributed by atoms with E-state index in [1.165, 1.54) is 11.1 Å². The minimum atomic E-state index is -0.804. The van der Waals surface area contributed by atoms with E-state index in [2.05, 4.69) is 12.1 Å². The largest absolute Gasteiger partial charge is 0.481 e. The van der Waals surface area contributed by atoms with E-state index >= 15 is 0 Å². The van der Waals surface area contributed by atoms with Crippen LogP contribution in [0.25, 0.3) is 0 Å². The summed E-state index contributed by atoms with van der Waals surface area (Å²) in [5.41, 5.74) is 2.50. The molecular formula is C16H20N2O3. The smallest absolute Gasteiger partial charge is 0.320 e. The molecule has 1 fully saturated rings. The molecule has 0 bridgehead atoms. The number of fused-ring (bicyclic) bond motifs is 1. The van der Waals surface area contributed by atoms with Gasteiger partial charge in [-0.2, -0.15) is 0 Å². The van der Waals surface area contributed by atoms with Crippen LogP contribution < -0.4 is 0 Å². The van der Waals surface area contributed by atoms with Crippen LogP contribution in [-0.2, 0) is 17.8 Å². The topological polar surface area (TPSA) is 60.9 Å². The predicted molar refractivity (Wildman–Crippen MR) is 77.8 cm³/mol. The minimum absolute atomic E-state index is 0.0172. The Balaban J connectivity index is 1.69. The zero-order valence-electron chi connectivity index (χ0n) is 12.2. The maximum Gasteiger partial charge on any atom is 0.320 e. The maximum absolute atomic E-state index is 12.6. The van der Waals surface area contributed by atoms with Crippen molar-refractivity contribution in [1.29, 1.82) is 0 Å². The lowest BCUT2D eigenvalue weighted by atomic mass is 9.99. The van der Waals surface area contributed by atoms with E-state index in [1.54, 1.807) is 4.90 Å². The zero-order chi connectivity index (χ0) is 15.0. The summed E-state index contributed by atoms with van der Waals surface area (Å²) in [5, 5.41) is 9.17. The van der Waals surface area contributed by atoms with E-state index in [1.807, 2.05) is 24.0 Å². The molecule has 0 spiro atoms. The monoisotopic (exact) mass is 288 g/mol. The van der Waals surface area contributed by atoms with Crippen LogP contribution in [0.1, 0.15) is 18.1 Å². The van der Waals surface area contributed by atoms with E-state index in [9.17, 15) is 14.7 Å². The molecule has 3 rings (SSSR count). The summed E-state index contributed by atoms with van der Waals surface area (Å²) in [7, 11) is 0. The number of aliphatic carboxylic acids is 1. The fourth-order valence-electron chi connectivity index (χ4n) is 3.30. The Kier molecular flexibility index (Phi) is 3.57. The van der Waals surface area contributed by atoms with E-state index in [4.69, 9.17) is 0 Å². The van der Waals surface area contributed by atoms with E-state index < -0.39 is 11.9 Å². The highest BCUT2D eigenvalue weighted by atomic mass is 16.4. The number of likely N-dealkylation sites (tertiary alicyclic amines) is 1. The van der Waals surface area contributed by atoms with E-state index in [-0.39, 0.29) is 11.9 Å². The minimum Gasteiger partial charge on any atom is -0.481 e. The number of carboxylic acid groups (broad SMARTS) is 1. The van der Waals surface area contributed by atoms with Crippen molar-refractivity contribution in [1.82, 2.24) is 9.80 Å². The molecule has 0 aliphatic carbocycles. The molecule has 0 saturated carbocycles. The molecule has 2 atom stereocenters. The molecule has 2 unspecified atom stereocenters. The molecule has 1 N–H and O–H groups in total. The van der Waals surface area contributed by atoms with Crippen molar-refractivity contribution in [3.63, 3.8) is 0 Å². The molecule has 2 aliphatic rings. The average Bonchev–Trinajstić information content (AvgIpc) is 2.88. The summed E-state index contributed by atoms with van der Waals surface area (Å²) >= 11 is 0. The highest BCUT2D eigenvalue weighted by molar-refractivity contribution is 5.78. The molecule has 5 heteroatoms. The van der Waals surface area contributed by atoms with Crippen molar-refractivity contribution in [3.05, 3.63) is 35.4 Å². The highest BCUT2D eigenvalue weighted by Crippen LogP contribution is 2.26. The second kappa shape index (κ2) is 5.39. The van der Waals surface area contributed by atoms with Gasteiger partial charge in [-0.3, -0.25) is 4.79 Å². The summed E-state index contributed by atoms with van der Waals surface area (Å²) < 4.78 is 0. The predicted octanol–water partition coefficient (Wildman–Crippen LogP) is 1.82. The number of hydrogen-bond acceptors (Lipinski definition) is 2. The summed E-state index contributed by atoms with van der Waals surface area (Å²) in [5.74, 6) is -1.23. The SMILES string of the molecule is CC1CN(C(=O)N2CCc3ccccc3C2)CC1C(=O)O. The molecular weight excluding hydrogens is 268 g/mol. The van der Waals surface area contributed by atoms with Gasteiger partial charge >= 0.3 is 12.0 Å². The number of benzene rings is 1. The van der Waals surface area contributed by atoms with Gasteiger partial charge in [-0.25, -0.2) is 4.79 Å². The lowest BCUT2D eigenvalue weighted by Gasteiger charge is -2.32. The van der Waals surface area contributed by atoms with Crippen LogP contribution in [0.3, 0.4) is 0 Å². The highest BCUT2D eigenvalue weighted by Gasteiger charge is 2.38. The van der Waals surface area contributed by atoms with E-state index in [0.29, 0.717) is 26.2 Å². The lowest BCUT2D eigenvalue weighted by Crippen LogP contribution is -2.44. The third-order valence-corrected chi connectivity index (χ3v) is 4.60. The van der Waals surface area contributed by atoms with Gasteiger partial charge in [0.25, 0.3) is 0 Å². The van der Waals surface area contributed by atoms with Crippen molar-refractivity contribution < 1.29 is 14.7 Å². The van der Waals surface area contributed by atoms with Crippen LogP contribution in [0, 0.1) is 11.8 Å². The molecule has 1 aromatic rings. The van der Waals surface area contributed by atoms with Crippen molar-refractivity contribution in [2.75, 3.05) is 19.6 Å². The molecule has 112 valence electrons. The van der Waals surface area contributed by atoms with Crippen LogP contribution in [0.4, 0.5) is 4.79 Å². The first-order valence-corrected chi connectivity index (χ1v) is 7.39. The number of carbonyl (C=O) groups is 2. The third-order valence-electron chi connectivity index (χ3n) is 4.60. The summed E-state index contributed by atoms with van der Waals surface area (Å²) in [6.45, 7) is 4.09. The van der Waals surface area contributed by atoms with Crippen molar-refractivity contribution in [2.24, 2.45) is 11.8 Å². The molecule has 5 nitrogen and oxygen atoms in total.